The Balaban J connectivity index is 1.59. The predicted octanol–water partition coefficient (Wildman–Crippen LogP) is 4.58. The van der Waals surface area contributed by atoms with Crippen molar-refractivity contribution in [2.75, 3.05) is 17.2 Å². The van der Waals surface area contributed by atoms with Gasteiger partial charge in [0.25, 0.3) is 0 Å². The minimum Gasteiger partial charge on any atom is -0.353 e. The Morgan fingerprint density at radius 2 is 1.75 bits per heavy atom. The lowest BCUT2D eigenvalue weighted by Gasteiger charge is -2.08. The molecule has 0 spiro atoms. The fourth-order valence-corrected chi connectivity index (χ4v) is 2.57. The highest BCUT2D eigenvalue weighted by atomic mass is 35.5. The Bertz CT molecular complexity index is 825. The SMILES string of the molecule is Clc1cccc(CCNc2nncc(Nc3cccc(Cl)c3)n2)c1. The largest absolute Gasteiger partial charge is 0.353 e. The number of nitrogens with one attached hydrogen (secondary N) is 2. The van der Waals surface area contributed by atoms with E-state index in [1.165, 1.54) is 0 Å². The van der Waals surface area contributed by atoms with Gasteiger partial charge in [0.2, 0.25) is 5.95 Å². The summed E-state index contributed by atoms with van der Waals surface area (Å²) in [6.45, 7) is 0.683. The maximum absolute atomic E-state index is 5.98. The van der Waals surface area contributed by atoms with E-state index in [0.29, 0.717) is 23.3 Å². The summed E-state index contributed by atoms with van der Waals surface area (Å²) in [5.74, 6) is 1.06. The molecular formula is C17H15Cl2N5. The van der Waals surface area contributed by atoms with E-state index in [1.807, 2.05) is 48.5 Å². The second-order valence-electron chi connectivity index (χ2n) is 5.11. The van der Waals surface area contributed by atoms with Crippen LogP contribution in [0.5, 0.6) is 0 Å². The molecule has 2 N–H and O–H groups in total. The van der Waals surface area contributed by atoms with Crippen molar-refractivity contribution in [3.05, 3.63) is 70.3 Å². The van der Waals surface area contributed by atoms with Crippen LogP contribution >= 0.6 is 23.2 Å². The molecule has 0 aliphatic heterocycles. The van der Waals surface area contributed by atoms with Crippen molar-refractivity contribution in [2.45, 2.75) is 6.42 Å². The van der Waals surface area contributed by atoms with Crippen LogP contribution < -0.4 is 10.6 Å². The Morgan fingerprint density at radius 3 is 2.54 bits per heavy atom. The second-order valence-corrected chi connectivity index (χ2v) is 5.98. The van der Waals surface area contributed by atoms with Crippen LogP contribution in [0, 0.1) is 0 Å². The van der Waals surface area contributed by atoms with Crippen LogP contribution in [0.3, 0.4) is 0 Å². The zero-order valence-corrected chi connectivity index (χ0v) is 14.2. The van der Waals surface area contributed by atoms with E-state index in [0.717, 1.165) is 22.7 Å². The molecule has 3 rings (SSSR count). The minimum absolute atomic E-state index is 0.462. The van der Waals surface area contributed by atoms with Gasteiger partial charge in [-0.05, 0) is 42.3 Å². The summed E-state index contributed by atoms with van der Waals surface area (Å²) >= 11 is 11.9. The highest BCUT2D eigenvalue weighted by Crippen LogP contribution is 2.18. The quantitative estimate of drug-likeness (QED) is 0.674. The molecule has 0 radical (unpaired) electrons. The highest BCUT2D eigenvalue weighted by Gasteiger charge is 2.02. The van der Waals surface area contributed by atoms with Crippen LogP contribution in [-0.4, -0.2) is 21.7 Å². The van der Waals surface area contributed by atoms with Gasteiger partial charge in [0, 0.05) is 22.3 Å². The van der Waals surface area contributed by atoms with Gasteiger partial charge in [-0.25, -0.2) is 0 Å². The molecule has 24 heavy (non-hydrogen) atoms. The lowest BCUT2D eigenvalue weighted by molar-refractivity contribution is 0.929. The maximum Gasteiger partial charge on any atom is 0.244 e. The molecular weight excluding hydrogens is 345 g/mol. The van der Waals surface area contributed by atoms with Gasteiger partial charge in [-0.1, -0.05) is 41.4 Å². The molecule has 0 saturated heterocycles. The molecule has 1 heterocycles. The van der Waals surface area contributed by atoms with Crippen molar-refractivity contribution in [1.82, 2.24) is 15.2 Å². The van der Waals surface area contributed by atoms with E-state index in [9.17, 15) is 0 Å². The Hall–Kier alpha value is -2.37. The van der Waals surface area contributed by atoms with E-state index in [1.54, 1.807) is 6.20 Å². The molecule has 0 amide bonds. The lowest BCUT2D eigenvalue weighted by Crippen LogP contribution is -2.09. The summed E-state index contributed by atoms with van der Waals surface area (Å²) in [5.41, 5.74) is 1.99. The molecule has 0 saturated carbocycles. The number of nitrogens with zero attached hydrogens (tertiary/aromatic N) is 3. The topological polar surface area (TPSA) is 62.7 Å². The van der Waals surface area contributed by atoms with E-state index < -0.39 is 0 Å². The number of benzene rings is 2. The van der Waals surface area contributed by atoms with E-state index in [4.69, 9.17) is 23.2 Å². The number of hydrogen-bond acceptors (Lipinski definition) is 5. The highest BCUT2D eigenvalue weighted by molar-refractivity contribution is 6.31. The number of halogens is 2. The van der Waals surface area contributed by atoms with Crippen molar-refractivity contribution in [3.63, 3.8) is 0 Å². The third kappa shape index (κ3) is 4.81. The molecule has 7 heteroatoms. The zero-order chi connectivity index (χ0) is 16.8. The number of rotatable bonds is 6. The molecule has 0 aliphatic rings. The van der Waals surface area contributed by atoms with Gasteiger partial charge in [-0.3, -0.25) is 0 Å². The first-order valence-corrected chi connectivity index (χ1v) is 8.15. The average Bonchev–Trinajstić information content (AvgIpc) is 2.55. The predicted molar refractivity (Wildman–Crippen MR) is 98.2 cm³/mol. The normalized spacial score (nSPS) is 10.4. The van der Waals surface area contributed by atoms with Gasteiger partial charge < -0.3 is 10.6 Å². The van der Waals surface area contributed by atoms with Gasteiger partial charge in [-0.2, -0.15) is 10.1 Å². The first kappa shape index (κ1) is 16.5. The summed E-state index contributed by atoms with van der Waals surface area (Å²) in [6, 6.07) is 15.2. The first-order chi connectivity index (χ1) is 11.7. The molecule has 0 aliphatic carbocycles. The first-order valence-electron chi connectivity index (χ1n) is 7.40. The van der Waals surface area contributed by atoms with E-state index in [-0.39, 0.29) is 0 Å². The number of hydrogen-bond donors (Lipinski definition) is 2. The van der Waals surface area contributed by atoms with Gasteiger partial charge in [0.05, 0.1) is 6.20 Å². The van der Waals surface area contributed by atoms with Gasteiger partial charge in [-0.15, -0.1) is 5.10 Å². The molecule has 0 bridgehead atoms. The fourth-order valence-electron chi connectivity index (χ4n) is 2.16. The van der Waals surface area contributed by atoms with Crippen molar-refractivity contribution in [3.8, 4) is 0 Å². The number of aromatic nitrogens is 3. The van der Waals surface area contributed by atoms with Crippen LogP contribution in [0.4, 0.5) is 17.5 Å². The van der Waals surface area contributed by atoms with E-state index in [2.05, 4.69) is 25.8 Å². The number of anilines is 3. The summed E-state index contributed by atoms with van der Waals surface area (Å²) < 4.78 is 0. The molecule has 0 unspecified atom stereocenters. The Labute approximate surface area is 150 Å². The third-order valence-corrected chi connectivity index (χ3v) is 3.71. The monoisotopic (exact) mass is 359 g/mol. The molecule has 5 nitrogen and oxygen atoms in total. The molecule has 1 aromatic heterocycles. The second kappa shape index (κ2) is 7.95. The van der Waals surface area contributed by atoms with Gasteiger partial charge in [0.1, 0.15) is 0 Å². The van der Waals surface area contributed by atoms with Crippen LogP contribution in [0.1, 0.15) is 5.56 Å². The molecule has 122 valence electrons. The Kier molecular flexibility index (Phi) is 5.46. The average molecular weight is 360 g/mol. The van der Waals surface area contributed by atoms with Gasteiger partial charge >= 0.3 is 0 Å². The van der Waals surface area contributed by atoms with Gasteiger partial charge in [0.15, 0.2) is 5.82 Å². The van der Waals surface area contributed by atoms with Crippen molar-refractivity contribution in [2.24, 2.45) is 0 Å². The standard InChI is InChI=1S/C17H15Cl2N5/c18-13-4-1-3-12(9-13)7-8-20-17-23-16(11-21-24-17)22-15-6-2-5-14(19)10-15/h1-6,9-11H,7-8H2,(H2,20,22,23,24). The summed E-state index contributed by atoms with van der Waals surface area (Å²) in [7, 11) is 0. The van der Waals surface area contributed by atoms with Crippen LogP contribution in [0.2, 0.25) is 10.0 Å². The third-order valence-electron chi connectivity index (χ3n) is 3.24. The van der Waals surface area contributed by atoms with Crippen molar-refractivity contribution < 1.29 is 0 Å². The van der Waals surface area contributed by atoms with Crippen LogP contribution in [0.25, 0.3) is 0 Å². The minimum atomic E-state index is 0.462. The molecule has 0 atom stereocenters. The van der Waals surface area contributed by atoms with Crippen molar-refractivity contribution in [1.29, 1.82) is 0 Å². The Morgan fingerprint density at radius 1 is 0.958 bits per heavy atom. The lowest BCUT2D eigenvalue weighted by atomic mass is 10.1. The summed E-state index contributed by atoms with van der Waals surface area (Å²) in [5, 5.41) is 15.6. The van der Waals surface area contributed by atoms with Crippen molar-refractivity contribution >= 4 is 40.7 Å². The summed E-state index contributed by atoms with van der Waals surface area (Å²) in [6.07, 6.45) is 2.37. The zero-order valence-electron chi connectivity index (χ0n) is 12.7. The molecule has 2 aromatic carbocycles. The fraction of sp³-hybridized carbons (Fsp3) is 0.118. The van der Waals surface area contributed by atoms with E-state index >= 15 is 0 Å². The summed E-state index contributed by atoms with van der Waals surface area (Å²) in [4.78, 5) is 4.38. The molecule has 0 fully saturated rings. The maximum atomic E-state index is 5.98. The van der Waals surface area contributed by atoms with Crippen LogP contribution in [-0.2, 0) is 6.42 Å². The van der Waals surface area contributed by atoms with Crippen LogP contribution in [0.15, 0.2) is 54.7 Å². The molecule has 3 aromatic rings. The smallest absolute Gasteiger partial charge is 0.244 e.